The second-order valence-electron chi connectivity index (χ2n) is 2.26. The maximum absolute atomic E-state index is 5.71. The maximum Gasteiger partial charge on any atom is 0.175 e. The van der Waals surface area contributed by atoms with Gasteiger partial charge in [-0.25, -0.2) is 0 Å². The lowest BCUT2D eigenvalue weighted by molar-refractivity contribution is 0.318. The van der Waals surface area contributed by atoms with Crippen LogP contribution in [0.2, 0.25) is 4.34 Å². The Hall–Kier alpha value is -0.210. The van der Waals surface area contributed by atoms with Crippen LogP contribution >= 0.6 is 22.9 Å². The van der Waals surface area contributed by atoms with Crippen molar-refractivity contribution >= 4 is 22.9 Å². The van der Waals surface area contributed by atoms with Gasteiger partial charge in [-0.15, -0.1) is 0 Å². The summed E-state index contributed by atoms with van der Waals surface area (Å²) in [6.45, 7) is 2.94. The first kappa shape index (κ1) is 8.88. The van der Waals surface area contributed by atoms with Crippen LogP contribution in [0.1, 0.15) is 19.8 Å². The number of halogens is 1. The van der Waals surface area contributed by atoms with Crippen molar-refractivity contribution in [3.05, 3.63) is 16.5 Å². The number of unbranched alkanes of at least 4 members (excludes halogenated alkanes) is 1. The van der Waals surface area contributed by atoms with Crippen molar-refractivity contribution in [3.63, 3.8) is 0 Å². The summed E-state index contributed by atoms with van der Waals surface area (Å²) in [4.78, 5) is 0. The molecule has 0 aliphatic carbocycles. The van der Waals surface area contributed by atoms with Gasteiger partial charge in [0.15, 0.2) is 5.06 Å². The van der Waals surface area contributed by atoms with E-state index < -0.39 is 0 Å². The molecule has 0 N–H and O–H groups in total. The molecular weight excluding hydrogens is 180 g/mol. The third-order valence-corrected chi connectivity index (χ3v) is 2.43. The molecule has 62 valence electrons. The first-order chi connectivity index (χ1) is 5.33. The molecule has 11 heavy (non-hydrogen) atoms. The highest BCUT2D eigenvalue weighted by Gasteiger charge is 1.96. The lowest BCUT2D eigenvalue weighted by Gasteiger charge is -1.99. The van der Waals surface area contributed by atoms with Crippen LogP contribution in [-0.2, 0) is 0 Å². The van der Waals surface area contributed by atoms with Crippen molar-refractivity contribution in [1.82, 2.24) is 0 Å². The van der Waals surface area contributed by atoms with Crippen LogP contribution in [0.25, 0.3) is 0 Å². The van der Waals surface area contributed by atoms with E-state index in [1.165, 1.54) is 17.8 Å². The maximum atomic E-state index is 5.71. The molecule has 0 bridgehead atoms. The monoisotopic (exact) mass is 190 g/mol. The molecule has 0 unspecified atom stereocenters. The molecule has 1 aromatic rings. The molecule has 0 radical (unpaired) electrons. The standard InChI is InChI=1S/C8H11ClOS/c1-2-3-6-10-8-5-4-7(9)11-8/h4-5H,2-3,6H2,1H3. The predicted octanol–water partition coefficient (Wildman–Crippen LogP) is 3.58. The van der Waals surface area contributed by atoms with Crippen molar-refractivity contribution in [3.8, 4) is 5.06 Å². The third-order valence-electron chi connectivity index (χ3n) is 1.29. The van der Waals surface area contributed by atoms with Crippen LogP contribution in [-0.4, -0.2) is 6.61 Å². The molecule has 0 aromatic carbocycles. The molecule has 1 heterocycles. The lowest BCUT2D eigenvalue weighted by atomic mass is 10.4. The van der Waals surface area contributed by atoms with Crippen molar-refractivity contribution in [2.45, 2.75) is 19.8 Å². The summed E-state index contributed by atoms with van der Waals surface area (Å²) in [5.41, 5.74) is 0. The van der Waals surface area contributed by atoms with E-state index in [0.29, 0.717) is 0 Å². The zero-order valence-electron chi connectivity index (χ0n) is 6.47. The van der Waals surface area contributed by atoms with E-state index in [-0.39, 0.29) is 0 Å². The average molecular weight is 191 g/mol. The van der Waals surface area contributed by atoms with Crippen LogP contribution in [0, 0.1) is 0 Å². The smallest absolute Gasteiger partial charge is 0.175 e. The summed E-state index contributed by atoms with van der Waals surface area (Å²) >= 11 is 7.19. The third kappa shape index (κ3) is 3.12. The number of hydrogen-bond acceptors (Lipinski definition) is 2. The van der Waals surface area contributed by atoms with Crippen LogP contribution in [0.5, 0.6) is 5.06 Å². The van der Waals surface area contributed by atoms with Gasteiger partial charge in [0, 0.05) is 0 Å². The van der Waals surface area contributed by atoms with E-state index in [9.17, 15) is 0 Å². The fourth-order valence-corrected chi connectivity index (χ4v) is 1.59. The Labute approximate surface area is 75.9 Å². The number of rotatable bonds is 4. The Bertz CT molecular complexity index is 210. The topological polar surface area (TPSA) is 9.23 Å². The summed E-state index contributed by atoms with van der Waals surface area (Å²) in [5.74, 6) is 0. The summed E-state index contributed by atoms with van der Waals surface area (Å²) in [7, 11) is 0. The van der Waals surface area contributed by atoms with E-state index in [1.807, 2.05) is 12.1 Å². The normalized spacial score (nSPS) is 10.0. The molecule has 0 fully saturated rings. The summed E-state index contributed by atoms with van der Waals surface area (Å²) in [6, 6.07) is 3.76. The van der Waals surface area contributed by atoms with E-state index in [0.717, 1.165) is 22.4 Å². The van der Waals surface area contributed by atoms with Gasteiger partial charge >= 0.3 is 0 Å². The minimum atomic E-state index is 0.788. The molecule has 0 saturated heterocycles. The Morgan fingerprint density at radius 2 is 2.36 bits per heavy atom. The minimum absolute atomic E-state index is 0.788. The van der Waals surface area contributed by atoms with Crippen LogP contribution in [0.4, 0.5) is 0 Å². The van der Waals surface area contributed by atoms with Crippen LogP contribution < -0.4 is 4.74 Å². The van der Waals surface area contributed by atoms with Gasteiger partial charge in [0.05, 0.1) is 10.9 Å². The Morgan fingerprint density at radius 3 is 2.91 bits per heavy atom. The molecule has 0 amide bonds. The van der Waals surface area contributed by atoms with Crippen molar-refractivity contribution < 1.29 is 4.74 Å². The average Bonchev–Trinajstić information content (AvgIpc) is 2.37. The Kier molecular flexibility index (Phi) is 3.73. The zero-order chi connectivity index (χ0) is 8.10. The van der Waals surface area contributed by atoms with Crippen LogP contribution in [0.15, 0.2) is 12.1 Å². The second kappa shape index (κ2) is 4.62. The molecule has 0 aliphatic heterocycles. The largest absolute Gasteiger partial charge is 0.484 e. The zero-order valence-corrected chi connectivity index (χ0v) is 8.04. The Balaban J connectivity index is 2.27. The van der Waals surface area contributed by atoms with Crippen molar-refractivity contribution in [2.24, 2.45) is 0 Å². The molecule has 0 atom stereocenters. The fourth-order valence-electron chi connectivity index (χ4n) is 0.692. The second-order valence-corrected chi connectivity index (χ2v) is 3.94. The first-order valence-electron chi connectivity index (χ1n) is 3.71. The fraction of sp³-hybridized carbons (Fsp3) is 0.500. The number of ether oxygens (including phenoxy) is 1. The minimum Gasteiger partial charge on any atom is -0.484 e. The van der Waals surface area contributed by atoms with Gasteiger partial charge in [-0.2, -0.15) is 0 Å². The van der Waals surface area contributed by atoms with Gasteiger partial charge in [0.2, 0.25) is 0 Å². The highest BCUT2D eigenvalue weighted by Crippen LogP contribution is 2.28. The summed E-state index contributed by atoms with van der Waals surface area (Å²) in [5, 5.41) is 0.920. The van der Waals surface area contributed by atoms with E-state index >= 15 is 0 Å². The molecule has 1 nitrogen and oxygen atoms in total. The molecule has 0 aliphatic rings. The van der Waals surface area contributed by atoms with Crippen molar-refractivity contribution in [1.29, 1.82) is 0 Å². The number of thiophene rings is 1. The van der Waals surface area contributed by atoms with Gasteiger partial charge in [-0.3, -0.25) is 0 Å². The molecule has 1 aromatic heterocycles. The quantitative estimate of drug-likeness (QED) is 0.660. The SMILES string of the molecule is CCCCOc1ccc(Cl)s1. The van der Waals surface area contributed by atoms with E-state index in [1.54, 1.807) is 0 Å². The van der Waals surface area contributed by atoms with E-state index in [2.05, 4.69) is 6.92 Å². The van der Waals surface area contributed by atoms with E-state index in [4.69, 9.17) is 16.3 Å². The van der Waals surface area contributed by atoms with Gasteiger partial charge in [0.1, 0.15) is 0 Å². The first-order valence-corrected chi connectivity index (χ1v) is 4.90. The van der Waals surface area contributed by atoms with Crippen molar-refractivity contribution in [2.75, 3.05) is 6.61 Å². The molecular formula is C8H11ClOS. The molecule has 3 heteroatoms. The number of hydrogen-bond donors (Lipinski definition) is 0. The lowest BCUT2D eigenvalue weighted by Crippen LogP contribution is -1.93. The Morgan fingerprint density at radius 1 is 1.55 bits per heavy atom. The summed E-state index contributed by atoms with van der Waals surface area (Å²) < 4.78 is 6.19. The predicted molar refractivity (Wildman–Crippen MR) is 49.7 cm³/mol. The molecule has 0 saturated carbocycles. The van der Waals surface area contributed by atoms with Crippen LogP contribution in [0.3, 0.4) is 0 Å². The van der Waals surface area contributed by atoms with Gasteiger partial charge in [0.25, 0.3) is 0 Å². The highest BCUT2D eigenvalue weighted by atomic mass is 35.5. The van der Waals surface area contributed by atoms with Gasteiger partial charge in [-0.05, 0) is 18.6 Å². The molecule has 1 rings (SSSR count). The van der Waals surface area contributed by atoms with Gasteiger partial charge in [-0.1, -0.05) is 36.3 Å². The highest BCUT2D eigenvalue weighted by molar-refractivity contribution is 7.17. The summed E-state index contributed by atoms with van der Waals surface area (Å²) in [6.07, 6.45) is 2.27. The molecule has 0 spiro atoms. The van der Waals surface area contributed by atoms with Gasteiger partial charge < -0.3 is 4.74 Å².